The maximum atomic E-state index is 13.2. The van der Waals surface area contributed by atoms with Crippen LogP contribution in [0.5, 0.6) is 0 Å². The first-order chi connectivity index (χ1) is 12.0. The first-order valence-corrected chi connectivity index (χ1v) is 9.25. The van der Waals surface area contributed by atoms with E-state index < -0.39 is 5.60 Å². The molecule has 2 fully saturated rings. The Kier molecular flexibility index (Phi) is 4.16. The predicted octanol–water partition coefficient (Wildman–Crippen LogP) is 3.37. The Morgan fingerprint density at radius 3 is 2.40 bits per heavy atom. The molecule has 2 saturated heterocycles. The molecule has 0 aliphatic carbocycles. The van der Waals surface area contributed by atoms with Gasteiger partial charge in [-0.25, -0.2) is 4.39 Å². The molecule has 25 heavy (non-hydrogen) atoms. The molecule has 2 atom stereocenters. The van der Waals surface area contributed by atoms with Crippen LogP contribution in [0.3, 0.4) is 0 Å². The van der Waals surface area contributed by atoms with E-state index in [1.54, 1.807) is 12.1 Å². The number of aromatic nitrogens is 2. The second kappa shape index (κ2) is 6.22. The van der Waals surface area contributed by atoms with E-state index in [0.717, 1.165) is 50.0 Å². The average molecular weight is 343 g/mol. The number of hydrogen-bond acceptors (Lipinski definition) is 3. The second-order valence-corrected chi connectivity index (χ2v) is 7.60. The van der Waals surface area contributed by atoms with E-state index in [0.29, 0.717) is 12.1 Å². The third-order valence-electron chi connectivity index (χ3n) is 6.02. The van der Waals surface area contributed by atoms with Crippen molar-refractivity contribution in [2.75, 3.05) is 0 Å². The zero-order valence-corrected chi connectivity index (χ0v) is 15.0. The Balaban J connectivity index is 1.53. The van der Waals surface area contributed by atoms with E-state index in [9.17, 15) is 9.50 Å². The van der Waals surface area contributed by atoms with Crippen molar-refractivity contribution >= 4 is 0 Å². The number of rotatable bonds is 4. The molecular weight excluding hydrogens is 317 g/mol. The first-order valence-electron chi connectivity index (χ1n) is 9.25. The third kappa shape index (κ3) is 3.00. The van der Waals surface area contributed by atoms with Crippen molar-refractivity contribution in [1.82, 2.24) is 14.7 Å². The fraction of sp³-hybridized carbons (Fsp3) is 0.550. The summed E-state index contributed by atoms with van der Waals surface area (Å²) in [6.45, 7) is 5.96. The Morgan fingerprint density at radius 1 is 1.20 bits per heavy atom. The van der Waals surface area contributed by atoms with Gasteiger partial charge in [0.1, 0.15) is 5.82 Å². The third-order valence-corrected chi connectivity index (χ3v) is 6.02. The first kappa shape index (κ1) is 16.7. The summed E-state index contributed by atoms with van der Waals surface area (Å²) < 4.78 is 15.2. The zero-order chi connectivity index (χ0) is 17.6. The van der Waals surface area contributed by atoms with Gasteiger partial charge in [-0.15, -0.1) is 0 Å². The normalized spacial score (nSPS) is 29.3. The van der Waals surface area contributed by atoms with Crippen molar-refractivity contribution in [2.45, 2.75) is 70.3 Å². The highest BCUT2D eigenvalue weighted by atomic mass is 19.1. The molecule has 2 aromatic rings. The van der Waals surface area contributed by atoms with Crippen LogP contribution in [0.25, 0.3) is 0 Å². The van der Waals surface area contributed by atoms with Crippen LogP contribution in [0.1, 0.15) is 49.4 Å². The molecule has 1 aromatic carbocycles. The number of hydrogen-bond donors (Lipinski definition) is 1. The highest BCUT2D eigenvalue weighted by molar-refractivity contribution is 5.26. The zero-order valence-electron chi connectivity index (χ0n) is 15.0. The van der Waals surface area contributed by atoms with E-state index in [4.69, 9.17) is 0 Å². The molecule has 0 radical (unpaired) electrons. The highest BCUT2D eigenvalue weighted by Crippen LogP contribution is 2.46. The molecular formula is C20H26FN3O. The minimum atomic E-state index is -0.835. The van der Waals surface area contributed by atoms with Crippen molar-refractivity contribution < 1.29 is 9.50 Å². The Labute approximate surface area is 148 Å². The van der Waals surface area contributed by atoms with Crippen molar-refractivity contribution in [3.8, 4) is 0 Å². The maximum Gasteiger partial charge on any atom is 0.123 e. The number of halogens is 1. The average Bonchev–Trinajstić information content (AvgIpc) is 3.06. The van der Waals surface area contributed by atoms with E-state index in [2.05, 4.69) is 30.0 Å². The van der Waals surface area contributed by atoms with Crippen molar-refractivity contribution in [1.29, 1.82) is 0 Å². The number of benzene rings is 1. The summed E-state index contributed by atoms with van der Waals surface area (Å²) >= 11 is 0. The monoisotopic (exact) mass is 343 g/mol. The van der Waals surface area contributed by atoms with E-state index in [1.807, 2.05) is 4.68 Å². The second-order valence-electron chi connectivity index (χ2n) is 7.60. The Hall–Kier alpha value is -1.72. The molecule has 5 heteroatoms. The molecule has 1 N–H and O–H groups in total. The van der Waals surface area contributed by atoms with Crippen molar-refractivity contribution in [3.05, 3.63) is 53.1 Å². The lowest BCUT2D eigenvalue weighted by Crippen LogP contribution is -2.49. The van der Waals surface area contributed by atoms with Gasteiger partial charge in [0.2, 0.25) is 0 Å². The van der Waals surface area contributed by atoms with Crippen molar-refractivity contribution in [2.24, 2.45) is 0 Å². The Morgan fingerprint density at radius 2 is 1.84 bits per heavy atom. The van der Waals surface area contributed by atoms with Crippen LogP contribution >= 0.6 is 0 Å². The summed E-state index contributed by atoms with van der Waals surface area (Å²) in [6.07, 6.45) is 5.83. The topological polar surface area (TPSA) is 41.3 Å². The summed E-state index contributed by atoms with van der Waals surface area (Å²) in [5, 5.41) is 15.8. The minimum absolute atomic E-state index is 0.254. The van der Waals surface area contributed by atoms with E-state index in [-0.39, 0.29) is 5.82 Å². The van der Waals surface area contributed by atoms with Gasteiger partial charge < -0.3 is 5.11 Å². The molecule has 4 nitrogen and oxygen atoms in total. The maximum absolute atomic E-state index is 13.2. The van der Waals surface area contributed by atoms with Gasteiger partial charge in [0.05, 0.1) is 11.3 Å². The molecule has 3 heterocycles. The summed E-state index contributed by atoms with van der Waals surface area (Å²) in [5.74, 6) is -0.254. The summed E-state index contributed by atoms with van der Waals surface area (Å²) in [5.41, 5.74) is 2.39. The lowest BCUT2D eigenvalue weighted by Gasteiger charge is -2.44. The number of aryl methyl sites for hydroxylation is 2. The number of fused-ring (bicyclic) bond motifs is 2. The van der Waals surface area contributed by atoms with Crippen LogP contribution in [0.15, 0.2) is 30.5 Å². The van der Waals surface area contributed by atoms with Crippen LogP contribution in [0.4, 0.5) is 4.39 Å². The molecule has 134 valence electrons. The predicted molar refractivity (Wildman–Crippen MR) is 94.5 cm³/mol. The van der Waals surface area contributed by atoms with E-state index >= 15 is 0 Å². The van der Waals surface area contributed by atoms with Gasteiger partial charge in [0.25, 0.3) is 0 Å². The molecule has 0 saturated carbocycles. The fourth-order valence-electron chi connectivity index (χ4n) is 4.64. The van der Waals surface area contributed by atoms with Gasteiger partial charge >= 0.3 is 0 Å². The summed E-state index contributed by atoms with van der Waals surface area (Å²) in [4.78, 5) is 2.54. The van der Waals surface area contributed by atoms with Gasteiger partial charge in [-0.1, -0.05) is 12.1 Å². The fourth-order valence-corrected chi connectivity index (χ4v) is 4.64. The Bertz CT molecular complexity index is 741. The molecule has 2 unspecified atom stereocenters. The quantitative estimate of drug-likeness (QED) is 0.925. The lowest BCUT2D eigenvalue weighted by molar-refractivity contribution is -0.0595. The van der Waals surface area contributed by atoms with Crippen LogP contribution < -0.4 is 0 Å². The molecule has 4 rings (SSSR count). The standard InChI is InChI=1S/C20H26FN3O/c1-3-23-12-15(14(2)22-23)13-24-18-8-9-19(24)11-20(25,10-18)16-4-6-17(21)7-5-16/h4-7,12,18-19,25H,3,8-11,13H2,1-2H3. The van der Waals surface area contributed by atoms with E-state index in [1.165, 1.54) is 17.7 Å². The number of aliphatic hydroxyl groups is 1. The van der Waals surface area contributed by atoms with Gasteiger partial charge in [0, 0.05) is 36.9 Å². The van der Waals surface area contributed by atoms with Crippen LogP contribution in [-0.2, 0) is 18.7 Å². The molecule has 0 spiro atoms. The van der Waals surface area contributed by atoms with Crippen LogP contribution in [0, 0.1) is 12.7 Å². The minimum Gasteiger partial charge on any atom is -0.385 e. The smallest absolute Gasteiger partial charge is 0.123 e. The van der Waals surface area contributed by atoms with Crippen molar-refractivity contribution in [3.63, 3.8) is 0 Å². The molecule has 2 bridgehead atoms. The largest absolute Gasteiger partial charge is 0.385 e. The lowest BCUT2D eigenvalue weighted by atomic mass is 9.80. The summed E-state index contributed by atoms with van der Waals surface area (Å²) in [6, 6.07) is 7.12. The molecule has 1 aromatic heterocycles. The van der Waals surface area contributed by atoms with Gasteiger partial charge in [0.15, 0.2) is 0 Å². The molecule has 2 aliphatic rings. The van der Waals surface area contributed by atoms with Gasteiger partial charge in [-0.05, 0) is 57.2 Å². The van der Waals surface area contributed by atoms with Crippen LogP contribution in [0.2, 0.25) is 0 Å². The molecule has 0 amide bonds. The SMILES string of the molecule is CCn1cc(CN2C3CCC2CC(O)(c2ccc(F)cc2)C3)c(C)n1. The number of nitrogens with zero attached hydrogens (tertiary/aromatic N) is 3. The van der Waals surface area contributed by atoms with Gasteiger partial charge in [-0.2, -0.15) is 5.10 Å². The number of piperidine rings is 1. The molecule has 2 aliphatic heterocycles. The van der Waals surface area contributed by atoms with Crippen LogP contribution in [-0.4, -0.2) is 31.9 Å². The van der Waals surface area contributed by atoms with Gasteiger partial charge in [-0.3, -0.25) is 9.58 Å². The highest BCUT2D eigenvalue weighted by Gasteiger charge is 2.48. The summed E-state index contributed by atoms with van der Waals surface area (Å²) in [7, 11) is 0.